The lowest BCUT2D eigenvalue weighted by Crippen LogP contribution is -1.99. The highest BCUT2D eigenvalue weighted by molar-refractivity contribution is 9.10. The first kappa shape index (κ1) is 13.8. The molecule has 0 saturated carbocycles. The molecule has 0 aliphatic heterocycles. The molecule has 2 rings (SSSR count). The van der Waals surface area contributed by atoms with E-state index in [0.717, 1.165) is 15.8 Å². The molecular weight excluding hydrogens is 338 g/mol. The molecule has 1 aromatic heterocycles. The van der Waals surface area contributed by atoms with Crippen molar-refractivity contribution in [1.29, 1.82) is 0 Å². The molecule has 0 fully saturated rings. The number of benzene rings is 1. The number of hydrogen-bond donors (Lipinski definition) is 0. The molecule has 1 aromatic carbocycles. The molecule has 0 spiro atoms. The fraction of sp³-hybridized carbons (Fsp3) is 0.250. The molecule has 0 N–H and O–H groups in total. The average Bonchev–Trinajstić information content (AvgIpc) is 2.69. The number of halogens is 2. The predicted molar refractivity (Wildman–Crippen MR) is 75.9 cm³/mol. The van der Waals surface area contributed by atoms with Gasteiger partial charge in [-0.05, 0) is 40.5 Å². The lowest BCUT2D eigenvalue weighted by Gasteiger charge is -2.02. The number of rotatable bonds is 4. The van der Waals surface area contributed by atoms with Gasteiger partial charge in [0.2, 0.25) is 5.89 Å². The second-order valence-corrected chi connectivity index (χ2v) is 6.56. The van der Waals surface area contributed by atoms with Gasteiger partial charge in [0.1, 0.15) is 11.5 Å². The first-order valence-electron chi connectivity index (χ1n) is 5.25. The van der Waals surface area contributed by atoms with Crippen LogP contribution in [0.3, 0.4) is 0 Å². The third-order valence-corrected chi connectivity index (χ3v) is 4.72. The molecule has 0 unspecified atom stereocenters. The highest BCUT2D eigenvalue weighted by Gasteiger charge is 2.09. The van der Waals surface area contributed by atoms with Crippen LogP contribution in [-0.4, -0.2) is 9.19 Å². The van der Waals surface area contributed by atoms with Crippen LogP contribution in [0.2, 0.25) is 5.02 Å². The van der Waals surface area contributed by atoms with E-state index in [-0.39, 0.29) is 0 Å². The first-order valence-corrected chi connectivity index (χ1v) is 7.90. The molecule has 3 nitrogen and oxygen atoms in total. The third-order valence-electron chi connectivity index (χ3n) is 2.27. The molecule has 1 atom stereocenters. The largest absolute Gasteiger partial charge is 0.445 e. The minimum absolute atomic E-state index is 0.321. The Kier molecular flexibility index (Phi) is 4.59. The highest BCUT2D eigenvalue weighted by atomic mass is 79.9. The van der Waals surface area contributed by atoms with Crippen molar-refractivity contribution in [3.05, 3.63) is 51.1 Å². The Labute approximate surface area is 121 Å². The van der Waals surface area contributed by atoms with Crippen LogP contribution in [0.4, 0.5) is 0 Å². The van der Waals surface area contributed by atoms with E-state index >= 15 is 0 Å². The van der Waals surface area contributed by atoms with Crippen molar-refractivity contribution in [3.8, 4) is 0 Å². The first-order chi connectivity index (χ1) is 8.54. The zero-order chi connectivity index (χ0) is 13.1. The van der Waals surface area contributed by atoms with Gasteiger partial charge >= 0.3 is 0 Å². The number of aryl methyl sites for hydroxylation is 1. The normalized spacial score (nSPS) is 12.6. The molecule has 18 heavy (non-hydrogen) atoms. The summed E-state index contributed by atoms with van der Waals surface area (Å²) in [4.78, 5) is 4.04. The van der Waals surface area contributed by atoms with Gasteiger partial charge in [-0.15, -0.1) is 0 Å². The monoisotopic (exact) mass is 347 g/mol. The Morgan fingerprint density at radius 2 is 2.22 bits per heavy atom. The van der Waals surface area contributed by atoms with E-state index in [1.165, 1.54) is 0 Å². The van der Waals surface area contributed by atoms with Crippen LogP contribution in [-0.2, 0) is 22.3 Å². The summed E-state index contributed by atoms with van der Waals surface area (Å²) < 4.78 is 18.1. The Morgan fingerprint density at radius 1 is 1.44 bits per heavy atom. The molecule has 0 radical (unpaired) electrons. The lowest BCUT2D eigenvalue weighted by atomic mass is 10.2. The number of aromatic nitrogens is 1. The summed E-state index contributed by atoms with van der Waals surface area (Å²) in [6.07, 6.45) is 1.63. The number of oxazole rings is 1. The maximum atomic E-state index is 11.9. The van der Waals surface area contributed by atoms with Gasteiger partial charge in [-0.25, -0.2) is 4.98 Å². The standard InChI is InChI=1S/C12H11BrClNO2S/c1-8-5-15-12(17-8)7-18(16)6-9-2-3-10(13)11(14)4-9/h2-5H,6-7H2,1H3/t18-/m0/s1. The van der Waals surface area contributed by atoms with Crippen LogP contribution in [0, 0.1) is 6.92 Å². The smallest absolute Gasteiger partial charge is 0.206 e. The molecule has 0 saturated heterocycles. The van der Waals surface area contributed by atoms with Gasteiger partial charge in [-0.3, -0.25) is 4.21 Å². The Morgan fingerprint density at radius 3 is 2.83 bits per heavy atom. The van der Waals surface area contributed by atoms with Crippen molar-refractivity contribution in [3.63, 3.8) is 0 Å². The highest BCUT2D eigenvalue weighted by Crippen LogP contribution is 2.24. The van der Waals surface area contributed by atoms with Gasteiger partial charge in [0, 0.05) is 21.0 Å². The summed E-state index contributed by atoms with van der Waals surface area (Å²) in [7, 11) is -1.05. The van der Waals surface area contributed by atoms with Gasteiger partial charge in [0.15, 0.2) is 0 Å². The second kappa shape index (κ2) is 5.99. The second-order valence-electron chi connectivity index (χ2n) is 3.84. The molecule has 0 aliphatic rings. The molecule has 0 aliphatic carbocycles. The fourth-order valence-electron chi connectivity index (χ4n) is 1.47. The summed E-state index contributed by atoms with van der Waals surface area (Å²) in [5.74, 6) is 2.00. The Balaban J connectivity index is 2.00. The van der Waals surface area contributed by atoms with Crippen molar-refractivity contribution in [2.45, 2.75) is 18.4 Å². The van der Waals surface area contributed by atoms with Crippen LogP contribution in [0.5, 0.6) is 0 Å². The number of hydrogen-bond acceptors (Lipinski definition) is 3. The maximum absolute atomic E-state index is 11.9. The molecular formula is C12H11BrClNO2S. The topological polar surface area (TPSA) is 43.1 Å². The summed E-state index contributed by atoms with van der Waals surface area (Å²) in [6, 6.07) is 5.56. The summed E-state index contributed by atoms with van der Waals surface area (Å²) in [5, 5.41) is 0.622. The van der Waals surface area contributed by atoms with Gasteiger partial charge < -0.3 is 4.42 Å². The van der Waals surface area contributed by atoms with E-state index in [9.17, 15) is 4.21 Å². The lowest BCUT2D eigenvalue weighted by molar-refractivity contribution is 0.488. The van der Waals surface area contributed by atoms with E-state index in [1.807, 2.05) is 25.1 Å². The predicted octanol–water partition coefficient (Wildman–Crippen LogP) is 3.85. The molecule has 2 aromatic rings. The summed E-state index contributed by atoms with van der Waals surface area (Å²) in [5.41, 5.74) is 0.935. The Bertz CT molecular complexity index is 585. The zero-order valence-corrected chi connectivity index (χ0v) is 12.8. The maximum Gasteiger partial charge on any atom is 0.206 e. The molecule has 6 heteroatoms. The Hall–Kier alpha value is -0.650. The molecule has 96 valence electrons. The SMILES string of the molecule is Cc1cnc(C[S@@](=O)Cc2ccc(Br)c(Cl)c2)o1. The van der Waals surface area contributed by atoms with Crippen LogP contribution < -0.4 is 0 Å². The van der Waals surface area contributed by atoms with Crippen LogP contribution in [0.15, 0.2) is 33.3 Å². The summed E-state index contributed by atoms with van der Waals surface area (Å²) in [6.45, 7) is 1.81. The number of nitrogens with zero attached hydrogens (tertiary/aromatic N) is 1. The fourth-order valence-corrected chi connectivity index (χ4v) is 2.98. The van der Waals surface area contributed by atoms with Gasteiger partial charge in [-0.2, -0.15) is 0 Å². The van der Waals surface area contributed by atoms with Crippen molar-refractivity contribution < 1.29 is 8.63 Å². The van der Waals surface area contributed by atoms with E-state index in [2.05, 4.69) is 20.9 Å². The molecule has 1 heterocycles. The van der Waals surface area contributed by atoms with E-state index in [4.69, 9.17) is 16.0 Å². The van der Waals surface area contributed by atoms with Crippen molar-refractivity contribution >= 4 is 38.3 Å². The van der Waals surface area contributed by atoms with Crippen molar-refractivity contribution in [2.24, 2.45) is 0 Å². The van der Waals surface area contributed by atoms with Crippen molar-refractivity contribution in [2.75, 3.05) is 0 Å². The quantitative estimate of drug-likeness (QED) is 0.843. The average molecular weight is 349 g/mol. The van der Waals surface area contributed by atoms with E-state index < -0.39 is 10.8 Å². The minimum Gasteiger partial charge on any atom is -0.445 e. The zero-order valence-electron chi connectivity index (χ0n) is 9.65. The van der Waals surface area contributed by atoms with Gasteiger partial charge in [0.25, 0.3) is 0 Å². The summed E-state index contributed by atoms with van der Waals surface area (Å²) >= 11 is 9.30. The molecule has 0 amide bonds. The van der Waals surface area contributed by atoms with Crippen LogP contribution in [0.25, 0.3) is 0 Å². The van der Waals surface area contributed by atoms with E-state index in [0.29, 0.717) is 22.4 Å². The third kappa shape index (κ3) is 3.67. The van der Waals surface area contributed by atoms with E-state index in [1.54, 1.807) is 6.20 Å². The van der Waals surface area contributed by atoms with Gasteiger partial charge in [0.05, 0.1) is 11.2 Å². The van der Waals surface area contributed by atoms with Crippen LogP contribution in [0.1, 0.15) is 17.2 Å². The minimum atomic E-state index is -1.05. The van der Waals surface area contributed by atoms with Gasteiger partial charge in [-0.1, -0.05) is 17.7 Å². The van der Waals surface area contributed by atoms with Crippen molar-refractivity contribution in [1.82, 2.24) is 4.98 Å². The molecule has 0 bridgehead atoms. The van der Waals surface area contributed by atoms with Crippen LogP contribution >= 0.6 is 27.5 Å².